The van der Waals surface area contributed by atoms with Crippen molar-refractivity contribution in [2.45, 2.75) is 18.1 Å². The Bertz CT molecular complexity index is 690. The number of hydrogen-bond donors (Lipinski definition) is 1. The molecule has 0 aliphatic carbocycles. The predicted molar refractivity (Wildman–Crippen MR) is 75.9 cm³/mol. The molecule has 1 aliphatic heterocycles. The van der Waals surface area contributed by atoms with E-state index in [0.717, 1.165) is 24.1 Å². The smallest absolute Gasteiger partial charge is 0.467 e. The minimum absolute atomic E-state index is 0.0799. The zero-order valence-electron chi connectivity index (χ0n) is 13.0. The van der Waals surface area contributed by atoms with Gasteiger partial charge in [0.25, 0.3) is 5.91 Å². The lowest BCUT2D eigenvalue weighted by Crippen LogP contribution is -2.59. The summed E-state index contributed by atoms with van der Waals surface area (Å²) in [5.41, 5.74) is -1.89. The van der Waals surface area contributed by atoms with Gasteiger partial charge in [-0.3, -0.25) is 9.59 Å². The number of esters is 1. The Morgan fingerprint density at radius 2 is 1.80 bits per heavy atom. The van der Waals surface area contributed by atoms with Crippen LogP contribution >= 0.6 is 0 Å². The third kappa shape index (κ3) is 3.89. The third-order valence-corrected chi connectivity index (χ3v) is 3.83. The summed E-state index contributed by atoms with van der Waals surface area (Å²) < 4.78 is 55.0. The molecule has 1 aliphatic rings. The number of carbonyl (C=O) groups excluding carboxylic acids is 3. The number of ether oxygens (including phenoxy) is 1. The fraction of sp³-hybridized carbons (Fsp3) is 0.400. The Morgan fingerprint density at radius 1 is 1.20 bits per heavy atom. The highest BCUT2D eigenvalue weighted by molar-refractivity contribution is 5.96. The van der Waals surface area contributed by atoms with Gasteiger partial charge in [0.2, 0.25) is 0 Å². The van der Waals surface area contributed by atoms with Gasteiger partial charge >= 0.3 is 18.1 Å². The highest BCUT2D eigenvalue weighted by atomic mass is 19.4. The maximum Gasteiger partial charge on any atom is 0.471 e. The normalized spacial score (nSPS) is 20.3. The van der Waals surface area contributed by atoms with E-state index in [1.54, 1.807) is 5.32 Å². The van der Waals surface area contributed by atoms with Crippen molar-refractivity contribution < 1.29 is 36.7 Å². The zero-order chi connectivity index (χ0) is 18.8. The van der Waals surface area contributed by atoms with E-state index in [4.69, 9.17) is 0 Å². The molecule has 1 aromatic rings. The second-order valence-electron chi connectivity index (χ2n) is 5.51. The lowest BCUT2D eigenvalue weighted by atomic mass is 9.98. The Kier molecular flexibility index (Phi) is 5.00. The summed E-state index contributed by atoms with van der Waals surface area (Å²) in [7, 11) is 0.967. The van der Waals surface area contributed by atoms with Crippen LogP contribution in [0.25, 0.3) is 0 Å². The largest absolute Gasteiger partial charge is 0.471 e. The predicted octanol–water partition coefficient (Wildman–Crippen LogP) is 1.26. The van der Waals surface area contributed by atoms with Gasteiger partial charge in [-0.2, -0.15) is 13.2 Å². The first-order valence-electron chi connectivity index (χ1n) is 7.12. The van der Waals surface area contributed by atoms with Crippen molar-refractivity contribution in [3.63, 3.8) is 0 Å². The number of halogens is 4. The molecule has 0 aromatic heterocycles. The molecule has 0 saturated carbocycles. The van der Waals surface area contributed by atoms with E-state index in [2.05, 4.69) is 4.74 Å². The lowest BCUT2D eigenvalue weighted by Gasteiger charge is -2.28. The van der Waals surface area contributed by atoms with Crippen LogP contribution in [0.3, 0.4) is 0 Å². The summed E-state index contributed by atoms with van der Waals surface area (Å²) in [5, 5.41) is 1.64. The maximum absolute atomic E-state index is 12.9. The first-order chi connectivity index (χ1) is 11.6. The van der Waals surface area contributed by atoms with Crippen molar-refractivity contribution in [2.24, 2.45) is 0 Å². The van der Waals surface area contributed by atoms with Crippen molar-refractivity contribution in [1.82, 2.24) is 10.2 Å². The number of benzene rings is 1. The average molecular weight is 362 g/mol. The van der Waals surface area contributed by atoms with Gasteiger partial charge in [-0.25, -0.2) is 9.18 Å². The number of likely N-dealkylation sites (tertiary alicyclic amines) is 1. The van der Waals surface area contributed by atoms with Crippen LogP contribution in [-0.2, 0) is 14.3 Å². The topological polar surface area (TPSA) is 75.7 Å². The Hall–Kier alpha value is -2.65. The van der Waals surface area contributed by atoms with Crippen molar-refractivity contribution in [2.75, 3.05) is 20.2 Å². The van der Waals surface area contributed by atoms with Gasteiger partial charge in [-0.15, -0.1) is 0 Å². The van der Waals surface area contributed by atoms with Gasteiger partial charge in [0.1, 0.15) is 5.82 Å². The van der Waals surface area contributed by atoms with Gasteiger partial charge < -0.3 is 15.0 Å². The van der Waals surface area contributed by atoms with Crippen LogP contribution in [0.5, 0.6) is 0 Å². The van der Waals surface area contributed by atoms with Crippen LogP contribution in [0.1, 0.15) is 16.8 Å². The van der Waals surface area contributed by atoms with Crippen LogP contribution < -0.4 is 5.32 Å². The van der Waals surface area contributed by atoms with Crippen LogP contribution in [0.4, 0.5) is 17.6 Å². The van der Waals surface area contributed by atoms with Gasteiger partial charge in [0, 0.05) is 18.5 Å². The van der Waals surface area contributed by atoms with E-state index in [9.17, 15) is 31.9 Å². The number of amides is 2. The molecule has 10 heteroatoms. The molecule has 1 heterocycles. The Labute approximate surface area is 139 Å². The van der Waals surface area contributed by atoms with Crippen molar-refractivity contribution in [3.8, 4) is 0 Å². The molecule has 1 saturated heterocycles. The molecule has 1 fully saturated rings. The summed E-state index contributed by atoms with van der Waals surface area (Å²) in [6.45, 7) is -0.568. The summed E-state index contributed by atoms with van der Waals surface area (Å²) >= 11 is 0. The monoisotopic (exact) mass is 362 g/mol. The molecule has 1 aromatic carbocycles. The molecule has 1 N–H and O–H groups in total. The Balaban J connectivity index is 2.21. The molecule has 1 unspecified atom stereocenters. The van der Waals surface area contributed by atoms with E-state index >= 15 is 0 Å². The minimum atomic E-state index is -5.19. The highest BCUT2D eigenvalue weighted by Crippen LogP contribution is 2.27. The standard InChI is InChI=1S/C15H14F4N2O4/c1-25-13(24)14(20-12(23)15(17,18)19)6-7-21(8-14)11(22)9-2-4-10(16)5-3-9/h2-5H,6-8H2,1H3,(H,20,23). The summed E-state index contributed by atoms with van der Waals surface area (Å²) in [6, 6.07) is 4.54. The van der Waals surface area contributed by atoms with Gasteiger partial charge in [0.15, 0.2) is 5.54 Å². The van der Waals surface area contributed by atoms with Crippen molar-refractivity contribution >= 4 is 17.8 Å². The van der Waals surface area contributed by atoms with Gasteiger partial charge in [0.05, 0.1) is 13.7 Å². The fourth-order valence-corrected chi connectivity index (χ4v) is 2.56. The van der Waals surface area contributed by atoms with Crippen LogP contribution in [0.2, 0.25) is 0 Å². The minimum Gasteiger partial charge on any atom is -0.467 e. The summed E-state index contributed by atoms with van der Waals surface area (Å²) in [5.74, 6) is -4.54. The molecule has 0 radical (unpaired) electrons. The van der Waals surface area contributed by atoms with Crippen LogP contribution in [0, 0.1) is 5.82 Å². The lowest BCUT2D eigenvalue weighted by molar-refractivity contribution is -0.177. The van der Waals surface area contributed by atoms with E-state index in [0.29, 0.717) is 0 Å². The second-order valence-corrected chi connectivity index (χ2v) is 5.51. The summed E-state index contributed by atoms with van der Waals surface area (Å²) in [6.07, 6.45) is -5.43. The fourth-order valence-electron chi connectivity index (χ4n) is 2.56. The van der Waals surface area contributed by atoms with E-state index in [-0.39, 0.29) is 18.5 Å². The number of carbonyl (C=O) groups is 3. The van der Waals surface area contributed by atoms with Gasteiger partial charge in [-0.05, 0) is 24.3 Å². The maximum atomic E-state index is 12.9. The van der Waals surface area contributed by atoms with Crippen molar-refractivity contribution in [1.29, 1.82) is 0 Å². The SMILES string of the molecule is COC(=O)C1(NC(=O)C(F)(F)F)CCN(C(=O)c2ccc(F)cc2)C1. The molecular weight excluding hydrogens is 348 g/mol. The first kappa shape index (κ1) is 18.7. The molecule has 1 atom stereocenters. The van der Waals surface area contributed by atoms with Crippen LogP contribution in [-0.4, -0.2) is 54.6 Å². The highest BCUT2D eigenvalue weighted by Gasteiger charge is 2.52. The first-order valence-corrected chi connectivity index (χ1v) is 7.12. The third-order valence-electron chi connectivity index (χ3n) is 3.83. The molecule has 2 amide bonds. The molecule has 0 spiro atoms. The molecule has 6 nitrogen and oxygen atoms in total. The molecule has 25 heavy (non-hydrogen) atoms. The zero-order valence-corrected chi connectivity index (χ0v) is 13.0. The Morgan fingerprint density at radius 3 is 2.32 bits per heavy atom. The number of alkyl halides is 3. The van der Waals surface area contributed by atoms with Crippen LogP contribution in [0.15, 0.2) is 24.3 Å². The average Bonchev–Trinajstić information content (AvgIpc) is 2.98. The molecule has 0 bridgehead atoms. The van der Waals surface area contributed by atoms with Crippen molar-refractivity contribution in [3.05, 3.63) is 35.6 Å². The number of rotatable bonds is 3. The molecule has 2 rings (SSSR count). The number of hydrogen-bond acceptors (Lipinski definition) is 4. The quantitative estimate of drug-likeness (QED) is 0.649. The van der Waals surface area contributed by atoms with E-state index in [1.165, 1.54) is 12.1 Å². The number of nitrogens with one attached hydrogen (secondary N) is 1. The molecular formula is C15H14F4N2O4. The molecule has 136 valence electrons. The number of methoxy groups -OCH3 is 1. The second kappa shape index (κ2) is 6.69. The number of nitrogens with zero attached hydrogens (tertiary/aromatic N) is 1. The van der Waals surface area contributed by atoms with E-state index < -0.39 is 41.9 Å². The van der Waals surface area contributed by atoms with Gasteiger partial charge in [-0.1, -0.05) is 0 Å². The van der Waals surface area contributed by atoms with E-state index in [1.807, 2.05) is 0 Å². The summed E-state index contributed by atoms with van der Waals surface area (Å²) in [4.78, 5) is 36.7.